The summed E-state index contributed by atoms with van der Waals surface area (Å²) in [5, 5.41) is 5.76. The third-order valence-electron chi connectivity index (χ3n) is 4.23. The number of urea groups is 1. The number of amides is 3. The summed E-state index contributed by atoms with van der Waals surface area (Å²) in [5.41, 5.74) is 2.77. The van der Waals surface area contributed by atoms with Gasteiger partial charge in [0.15, 0.2) is 0 Å². The molecule has 0 bridgehead atoms. The fourth-order valence-corrected chi connectivity index (χ4v) is 2.95. The number of benzene rings is 2. The van der Waals surface area contributed by atoms with Gasteiger partial charge in [-0.1, -0.05) is 36.4 Å². The van der Waals surface area contributed by atoms with Gasteiger partial charge in [0.2, 0.25) is 5.91 Å². The molecule has 0 spiro atoms. The summed E-state index contributed by atoms with van der Waals surface area (Å²) in [5.74, 6) is -0.00354. The van der Waals surface area contributed by atoms with Crippen LogP contribution in [0, 0.1) is 0 Å². The van der Waals surface area contributed by atoms with Crippen molar-refractivity contribution in [2.45, 2.75) is 25.7 Å². The smallest absolute Gasteiger partial charge is 0.321 e. The number of rotatable bonds is 6. The lowest BCUT2D eigenvalue weighted by molar-refractivity contribution is -0.116. The second kappa shape index (κ2) is 8.33. The first kappa shape index (κ1) is 17.0. The summed E-state index contributed by atoms with van der Waals surface area (Å²) < 4.78 is 0. The lowest BCUT2D eigenvalue weighted by atomic mass is 10.1. The van der Waals surface area contributed by atoms with Crippen molar-refractivity contribution in [1.82, 2.24) is 5.32 Å². The molecule has 1 heterocycles. The molecule has 3 rings (SSSR count). The average molecular weight is 337 g/mol. The van der Waals surface area contributed by atoms with Crippen molar-refractivity contribution in [3.05, 3.63) is 60.2 Å². The molecule has 0 aromatic heterocycles. The minimum absolute atomic E-state index is 0.00354. The maximum atomic E-state index is 12.2. The van der Waals surface area contributed by atoms with Gasteiger partial charge in [0.05, 0.1) is 0 Å². The number of nitrogens with one attached hydrogen (secondary N) is 2. The Balaban J connectivity index is 1.52. The highest BCUT2D eigenvalue weighted by Crippen LogP contribution is 2.21. The van der Waals surface area contributed by atoms with Crippen LogP contribution in [-0.4, -0.2) is 25.0 Å². The van der Waals surface area contributed by atoms with Crippen LogP contribution < -0.4 is 15.5 Å². The highest BCUT2D eigenvalue weighted by molar-refractivity contribution is 5.95. The van der Waals surface area contributed by atoms with Gasteiger partial charge in [-0.15, -0.1) is 0 Å². The van der Waals surface area contributed by atoms with Crippen LogP contribution in [0.1, 0.15) is 24.8 Å². The van der Waals surface area contributed by atoms with Crippen molar-refractivity contribution in [1.29, 1.82) is 0 Å². The summed E-state index contributed by atoms with van der Waals surface area (Å²) in [6.07, 6.45) is 3.09. The molecule has 2 aromatic rings. The molecular weight excluding hydrogens is 314 g/mol. The first-order valence-electron chi connectivity index (χ1n) is 8.71. The van der Waals surface area contributed by atoms with Crippen LogP contribution in [0.2, 0.25) is 0 Å². The van der Waals surface area contributed by atoms with E-state index in [1.165, 1.54) is 5.56 Å². The Hall–Kier alpha value is -2.82. The van der Waals surface area contributed by atoms with E-state index in [-0.39, 0.29) is 11.9 Å². The Morgan fingerprint density at radius 1 is 1.12 bits per heavy atom. The van der Waals surface area contributed by atoms with Crippen LogP contribution >= 0.6 is 0 Å². The number of hydrogen-bond donors (Lipinski definition) is 2. The fourth-order valence-electron chi connectivity index (χ4n) is 2.95. The molecule has 25 heavy (non-hydrogen) atoms. The molecule has 3 amide bonds. The zero-order valence-corrected chi connectivity index (χ0v) is 14.2. The van der Waals surface area contributed by atoms with Crippen LogP contribution in [0.4, 0.5) is 16.2 Å². The number of nitrogens with zero attached hydrogens (tertiary/aromatic N) is 1. The molecule has 5 nitrogen and oxygen atoms in total. The maximum absolute atomic E-state index is 12.2. The van der Waals surface area contributed by atoms with E-state index in [2.05, 4.69) is 22.8 Å². The highest BCUT2D eigenvalue weighted by atomic mass is 16.2. The van der Waals surface area contributed by atoms with Gasteiger partial charge in [-0.05, 0) is 43.0 Å². The quantitative estimate of drug-likeness (QED) is 0.846. The standard InChI is InChI=1S/C20H23N3O2/c24-19(12-4-9-16-7-2-1-3-8-16)22-17-10-5-11-18(15-17)23-14-6-13-21-20(23)25/h1-3,5,7-8,10-11,15H,4,6,9,12-14H2,(H,21,25)(H,22,24). The number of carbonyl (C=O) groups excluding carboxylic acids is 2. The summed E-state index contributed by atoms with van der Waals surface area (Å²) >= 11 is 0. The van der Waals surface area contributed by atoms with Gasteiger partial charge in [0, 0.05) is 30.9 Å². The van der Waals surface area contributed by atoms with Crippen molar-refractivity contribution >= 4 is 23.3 Å². The molecule has 0 unspecified atom stereocenters. The molecule has 1 aliphatic heterocycles. The summed E-state index contributed by atoms with van der Waals surface area (Å²) in [6, 6.07) is 17.5. The first-order chi connectivity index (χ1) is 12.2. The van der Waals surface area contributed by atoms with Crippen molar-refractivity contribution in [3.63, 3.8) is 0 Å². The van der Waals surface area contributed by atoms with Gasteiger partial charge < -0.3 is 10.6 Å². The van der Waals surface area contributed by atoms with Crippen LogP contribution in [0.25, 0.3) is 0 Å². The largest absolute Gasteiger partial charge is 0.338 e. The van der Waals surface area contributed by atoms with Gasteiger partial charge >= 0.3 is 6.03 Å². The topological polar surface area (TPSA) is 61.4 Å². The lowest BCUT2D eigenvalue weighted by Gasteiger charge is -2.27. The van der Waals surface area contributed by atoms with E-state index in [0.717, 1.165) is 30.6 Å². The van der Waals surface area contributed by atoms with Gasteiger partial charge in [-0.2, -0.15) is 0 Å². The van der Waals surface area contributed by atoms with E-state index < -0.39 is 0 Å². The minimum Gasteiger partial charge on any atom is -0.338 e. The van der Waals surface area contributed by atoms with Crippen molar-refractivity contribution < 1.29 is 9.59 Å². The van der Waals surface area contributed by atoms with E-state index >= 15 is 0 Å². The highest BCUT2D eigenvalue weighted by Gasteiger charge is 2.19. The van der Waals surface area contributed by atoms with E-state index in [9.17, 15) is 9.59 Å². The predicted molar refractivity (Wildman–Crippen MR) is 99.8 cm³/mol. The Morgan fingerprint density at radius 2 is 1.96 bits per heavy atom. The molecule has 0 radical (unpaired) electrons. The molecule has 1 saturated heterocycles. The molecule has 1 fully saturated rings. The Kier molecular flexibility index (Phi) is 5.67. The van der Waals surface area contributed by atoms with Gasteiger partial charge in [-0.25, -0.2) is 4.79 Å². The predicted octanol–water partition coefficient (Wildman–Crippen LogP) is 3.57. The van der Waals surface area contributed by atoms with Crippen molar-refractivity contribution in [2.24, 2.45) is 0 Å². The fraction of sp³-hybridized carbons (Fsp3) is 0.300. The lowest BCUT2D eigenvalue weighted by Crippen LogP contribution is -2.46. The Morgan fingerprint density at radius 3 is 2.76 bits per heavy atom. The maximum Gasteiger partial charge on any atom is 0.321 e. The molecule has 2 aromatic carbocycles. The molecule has 2 N–H and O–H groups in total. The third kappa shape index (κ3) is 4.83. The average Bonchev–Trinajstić information content (AvgIpc) is 2.63. The van der Waals surface area contributed by atoms with Gasteiger partial charge in [-0.3, -0.25) is 9.69 Å². The normalized spacial score (nSPS) is 14.1. The third-order valence-corrected chi connectivity index (χ3v) is 4.23. The molecule has 130 valence electrons. The molecular formula is C20H23N3O2. The van der Waals surface area contributed by atoms with E-state index in [4.69, 9.17) is 0 Å². The van der Waals surface area contributed by atoms with Crippen molar-refractivity contribution in [3.8, 4) is 0 Å². The molecule has 0 aliphatic carbocycles. The summed E-state index contributed by atoms with van der Waals surface area (Å²) in [7, 11) is 0. The van der Waals surface area contributed by atoms with E-state index in [1.54, 1.807) is 4.90 Å². The number of carbonyl (C=O) groups is 2. The molecule has 0 saturated carbocycles. The SMILES string of the molecule is O=C(CCCc1ccccc1)Nc1cccc(N2CCCNC2=O)c1. The second-order valence-electron chi connectivity index (χ2n) is 6.17. The van der Waals surface area contributed by atoms with E-state index in [1.807, 2.05) is 42.5 Å². The zero-order chi connectivity index (χ0) is 17.5. The number of aryl methyl sites for hydroxylation is 1. The summed E-state index contributed by atoms with van der Waals surface area (Å²) in [4.78, 5) is 25.8. The van der Waals surface area contributed by atoms with E-state index in [0.29, 0.717) is 19.5 Å². The minimum atomic E-state index is -0.0856. The number of hydrogen-bond acceptors (Lipinski definition) is 2. The number of anilines is 2. The Labute approximate surface area is 148 Å². The van der Waals surface area contributed by atoms with Crippen LogP contribution in [0.3, 0.4) is 0 Å². The van der Waals surface area contributed by atoms with Crippen LogP contribution in [-0.2, 0) is 11.2 Å². The molecule has 0 atom stereocenters. The molecule has 1 aliphatic rings. The monoisotopic (exact) mass is 337 g/mol. The first-order valence-corrected chi connectivity index (χ1v) is 8.71. The summed E-state index contributed by atoms with van der Waals surface area (Å²) in [6.45, 7) is 1.41. The van der Waals surface area contributed by atoms with Crippen molar-refractivity contribution in [2.75, 3.05) is 23.3 Å². The van der Waals surface area contributed by atoms with Gasteiger partial charge in [0.25, 0.3) is 0 Å². The van der Waals surface area contributed by atoms with Crippen LogP contribution in [0.5, 0.6) is 0 Å². The second-order valence-corrected chi connectivity index (χ2v) is 6.17. The van der Waals surface area contributed by atoms with Crippen LogP contribution in [0.15, 0.2) is 54.6 Å². The zero-order valence-electron chi connectivity index (χ0n) is 14.2. The van der Waals surface area contributed by atoms with Gasteiger partial charge in [0.1, 0.15) is 0 Å². The Bertz CT molecular complexity index is 731. The molecule has 5 heteroatoms.